The van der Waals surface area contributed by atoms with Crippen LogP contribution >= 0.6 is 0 Å². The van der Waals surface area contributed by atoms with Crippen molar-refractivity contribution in [2.45, 2.75) is 12.7 Å². The van der Waals surface area contributed by atoms with Crippen LogP contribution in [0.5, 0.6) is 0 Å². The van der Waals surface area contributed by atoms with Crippen LogP contribution in [-0.2, 0) is 12.7 Å². The molecule has 0 aliphatic rings. The SMILES string of the molecule is O=C(c1ccc(C(F)(F)F)nc1)N(CCO)Cc1ncc[nH]1. The highest BCUT2D eigenvalue weighted by molar-refractivity contribution is 5.93. The van der Waals surface area contributed by atoms with Gasteiger partial charge in [-0.25, -0.2) is 4.98 Å². The van der Waals surface area contributed by atoms with E-state index in [9.17, 15) is 18.0 Å². The number of amides is 1. The molecule has 0 unspecified atom stereocenters. The van der Waals surface area contributed by atoms with E-state index in [4.69, 9.17) is 5.11 Å². The Morgan fingerprint density at radius 1 is 1.32 bits per heavy atom. The van der Waals surface area contributed by atoms with Gasteiger partial charge in [-0.05, 0) is 12.1 Å². The smallest absolute Gasteiger partial charge is 0.395 e. The summed E-state index contributed by atoms with van der Waals surface area (Å²) in [6, 6.07) is 1.81. The summed E-state index contributed by atoms with van der Waals surface area (Å²) in [6.07, 6.45) is -0.592. The lowest BCUT2D eigenvalue weighted by molar-refractivity contribution is -0.141. The molecular weight excluding hydrogens is 301 g/mol. The maximum absolute atomic E-state index is 12.4. The number of nitrogens with zero attached hydrogens (tertiary/aromatic N) is 3. The fraction of sp³-hybridized carbons (Fsp3) is 0.308. The number of aliphatic hydroxyl groups excluding tert-OH is 1. The number of alkyl halides is 3. The van der Waals surface area contributed by atoms with Crippen LogP contribution in [0.3, 0.4) is 0 Å². The second-order valence-corrected chi connectivity index (χ2v) is 4.42. The summed E-state index contributed by atoms with van der Waals surface area (Å²) in [5.41, 5.74) is -1.06. The fourth-order valence-electron chi connectivity index (χ4n) is 1.81. The zero-order valence-corrected chi connectivity index (χ0v) is 11.3. The first-order valence-corrected chi connectivity index (χ1v) is 6.33. The molecule has 2 aromatic rings. The van der Waals surface area contributed by atoms with Crippen molar-refractivity contribution in [3.63, 3.8) is 0 Å². The molecular formula is C13H13F3N4O2. The number of aromatic nitrogens is 3. The summed E-state index contributed by atoms with van der Waals surface area (Å²) in [4.78, 5) is 23.6. The number of pyridine rings is 1. The molecule has 1 amide bonds. The lowest BCUT2D eigenvalue weighted by Crippen LogP contribution is -2.33. The molecule has 0 bridgehead atoms. The number of hydrogen-bond donors (Lipinski definition) is 2. The first-order valence-electron chi connectivity index (χ1n) is 6.33. The van der Waals surface area contributed by atoms with Crippen molar-refractivity contribution >= 4 is 5.91 Å². The van der Waals surface area contributed by atoms with Gasteiger partial charge >= 0.3 is 6.18 Å². The number of carbonyl (C=O) groups is 1. The molecule has 0 spiro atoms. The van der Waals surface area contributed by atoms with Gasteiger partial charge in [-0.15, -0.1) is 0 Å². The summed E-state index contributed by atoms with van der Waals surface area (Å²) in [7, 11) is 0. The van der Waals surface area contributed by atoms with Gasteiger partial charge in [0.2, 0.25) is 0 Å². The molecule has 22 heavy (non-hydrogen) atoms. The van der Waals surface area contributed by atoms with Crippen molar-refractivity contribution in [2.75, 3.05) is 13.2 Å². The Bertz CT molecular complexity index is 611. The van der Waals surface area contributed by atoms with Crippen LogP contribution in [0.4, 0.5) is 13.2 Å². The van der Waals surface area contributed by atoms with Crippen molar-refractivity contribution in [1.82, 2.24) is 19.9 Å². The van der Waals surface area contributed by atoms with Crippen LogP contribution < -0.4 is 0 Å². The Kier molecular flexibility index (Phi) is 4.76. The highest BCUT2D eigenvalue weighted by Gasteiger charge is 2.32. The number of rotatable bonds is 5. The molecule has 0 radical (unpaired) electrons. The van der Waals surface area contributed by atoms with Gasteiger partial charge in [-0.1, -0.05) is 0 Å². The molecule has 2 rings (SSSR count). The fourth-order valence-corrected chi connectivity index (χ4v) is 1.81. The molecule has 9 heteroatoms. The van der Waals surface area contributed by atoms with Crippen LogP contribution in [-0.4, -0.2) is 44.0 Å². The summed E-state index contributed by atoms with van der Waals surface area (Å²) in [6.45, 7) is -0.144. The Morgan fingerprint density at radius 2 is 2.09 bits per heavy atom. The van der Waals surface area contributed by atoms with Crippen LogP contribution in [0.25, 0.3) is 0 Å². The number of hydrogen-bond acceptors (Lipinski definition) is 4. The van der Waals surface area contributed by atoms with E-state index < -0.39 is 17.8 Å². The lowest BCUT2D eigenvalue weighted by atomic mass is 10.2. The molecule has 6 nitrogen and oxygen atoms in total. The van der Waals surface area contributed by atoms with Gasteiger partial charge in [0.1, 0.15) is 11.5 Å². The predicted molar refractivity (Wildman–Crippen MR) is 69.7 cm³/mol. The number of imidazole rings is 1. The van der Waals surface area contributed by atoms with Crippen molar-refractivity contribution in [2.24, 2.45) is 0 Å². The van der Waals surface area contributed by atoms with E-state index in [2.05, 4.69) is 15.0 Å². The van der Waals surface area contributed by atoms with E-state index >= 15 is 0 Å². The van der Waals surface area contributed by atoms with Gasteiger partial charge in [0.15, 0.2) is 0 Å². The number of H-pyrrole nitrogens is 1. The summed E-state index contributed by atoms with van der Waals surface area (Å²) in [5.74, 6) is -0.0339. The molecule has 0 aliphatic carbocycles. The Balaban J connectivity index is 2.16. The van der Waals surface area contributed by atoms with Crippen molar-refractivity contribution in [3.8, 4) is 0 Å². The minimum Gasteiger partial charge on any atom is -0.395 e. The molecule has 0 saturated carbocycles. The zero-order chi connectivity index (χ0) is 16.2. The highest BCUT2D eigenvalue weighted by atomic mass is 19.4. The third-order valence-corrected chi connectivity index (χ3v) is 2.85. The molecule has 2 aromatic heterocycles. The van der Waals surface area contributed by atoms with Gasteiger partial charge in [-0.2, -0.15) is 13.2 Å². The largest absolute Gasteiger partial charge is 0.433 e. The van der Waals surface area contributed by atoms with E-state index in [-0.39, 0.29) is 25.3 Å². The van der Waals surface area contributed by atoms with Gasteiger partial charge in [0, 0.05) is 25.1 Å². The van der Waals surface area contributed by atoms with E-state index in [0.717, 1.165) is 18.3 Å². The normalized spacial score (nSPS) is 11.5. The number of aliphatic hydroxyl groups is 1. The first-order chi connectivity index (χ1) is 10.4. The number of halogens is 3. The third kappa shape index (κ3) is 3.82. The highest BCUT2D eigenvalue weighted by Crippen LogP contribution is 2.27. The van der Waals surface area contributed by atoms with E-state index in [1.54, 1.807) is 6.20 Å². The first kappa shape index (κ1) is 16.0. The molecule has 2 heterocycles. The second-order valence-electron chi connectivity index (χ2n) is 4.42. The summed E-state index contributed by atoms with van der Waals surface area (Å²) < 4.78 is 37.3. The maximum Gasteiger partial charge on any atom is 0.433 e. The van der Waals surface area contributed by atoms with E-state index in [1.807, 2.05) is 0 Å². The third-order valence-electron chi connectivity index (χ3n) is 2.85. The molecule has 2 N–H and O–H groups in total. The van der Waals surface area contributed by atoms with E-state index in [1.165, 1.54) is 11.1 Å². The second kappa shape index (κ2) is 6.56. The van der Waals surface area contributed by atoms with Crippen molar-refractivity contribution < 1.29 is 23.1 Å². The standard InChI is InChI=1S/C13H13F3N4O2/c14-13(15,16)10-2-1-9(7-19-10)12(22)20(5-6-21)8-11-17-3-4-18-11/h1-4,7,21H,5-6,8H2,(H,17,18). The van der Waals surface area contributed by atoms with Gasteiger partial charge in [0.05, 0.1) is 18.7 Å². The van der Waals surface area contributed by atoms with Crippen LogP contribution in [0.15, 0.2) is 30.7 Å². The zero-order valence-electron chi connectivity index (χ0n) is 11.3. The molecule has 0 fully saturated rings. The van der Waals surface area contributed by atoms with E-state index in [0.29, 0.717) is 5.82 Å². The van der Waals surface area contributed by atoms with Crippen LogP contribution in [0.1, 0.15) is 21.9 Å². The Morgan fingerprint density at radius 3 is 2.59 bits per heavy atom. The summed E-state index contributed by atoms with van der Waals surface area (Å²) in [5, 5.41) is 9.02. The lowest BCUT2D eigenvalue weighted by Gasteiger charge is -2.20. The average Bonchev–Trinajstić information content (AvgIpc) is 2.98. The monoisotopic (exact) mass is 314 g/mol. The minimum atomic E-state index is -4.56. The molecule has 0 atom stereocenters. The topological polar surface area (TPSA) is 82.1 Å². The Labute approximate surface area is 123 Å². The predicted octanol–water partition coefficient (Wildman–Crippen LogP) is 1.46. The Hall–Kier alpha value is -2.42. The van der Waals surface area contributed by atoms with Gasteiger partial charge < -0.3 is 15.0 Å². The van der Waals surface area contributed by atoms with Gasteiger partial charge in [-0.3, -0.25) is 9.78 Å². The summed E-state index contributed by atoms with van der Waals surface area (Å²) >= 11 is 0. The number of aromatic amines is 1. The molecule has 118 valence electrons. The van der Waals surface area contributed by atoms with Gasteiger partial charge in [0.25, 0.3) is 5.91 Å². The number of nitrogens with one attached hydrogen (secondary N) is 1. The average molecular weight is 314 g/mol. The molecule has 0 aliphatic heterocycles. The van der Waals surface area contributed by atoms with Crippen molar-refractivity contribution in [3.05, 3.63) is 47.8 Å². The van der Waals surface area contributed by atoms with Crippen LogP contribution in [0.2, 0.25) is 0 Å². The molecule has 0 aromatic carbocycles. The maximum atomic E-state index is 12.4. The minimum absolute atomic E-state index is 0.00741. The van der Waals surface area contributed by atoms with Crippen LogP contribution in [0, 0.1) is 0 Å². The van der Waals surface area contributed by atoms with Crippen molar-refractivity contribution in [1.29, 1.82) is 0 Å². The molecule has 0 saturated heterocycles. The quantitative estimate of drug-likeness (QED) is 0.875. The number of carbonyl (C=O) groups excluding carboxylic acids is 1.